The highest BCUT2D eigenvalue weighted by molar-refractivity contribution is 14.1. The molecule has 0 spiro atoms. The van der Waals surface area contributed by atoms with Gasteiger partial charge in [-0.2, -0.15) is 0 Å². The van der Waals surface area contributed by atoms with Crippen LogP contribution in [0, 0.1) is 3.57 Å². The molecule has 2 aromatic carbocycles. The average molecular weight is 382 g/mol. The zero-order valence-electron chi connectivity index (χ0n) is 11.1. The predicted molar refractivity (Wildman–Crippen MR) is 85.7 cm³/mol. The Bertz CT molecular complexity index is 596. The molecule has 0 aliphatic heterocycles. The van der Waals surface area contributed by atoms with Gasteiger partial charge in [0.25, 0.3) is 0 Å². The lowest BCUT2D eigenvalue weighted by atomic mass is 10.1. The summed E-state index contributed by atoms with van der Waals surface area (Å²) in [6, 6.07) is 15.6. The molecule has 0 fully saturated rings. The summed E-state index contributed by atoms with van der Waals surface area (Å²) in [6.45, 7) is 0.438. The highest BCUT2D eigenvalue weighted by Gasteiger charge is 2.08. The fourth-order valence-electron chi connectivity index (χ4n) is 1.82. The Morgan fingerprint density at radius 1 is 1.05 bits per heavy atom. The number of halogens is 1. The van der Waals surface area contributed by atoms with Gasteiger partial charge in [-0.3, -0.25) is 4.79 Å². The number of carbonyl (C=O) groups is 1. The molecule has 0 unspecified atom stereocenters. The number of carbonyl (C=O) groups excluding carboxylic acids is 1. The molecule has 0 atom stereocenters. The van der Waals surface area contributed by atoms with E-state index in [4.69, 9.17) is 9.47 Å². The fourth-order valence-corrected chi connectivity index (χ4v) is 2.36. The number of benzene rings is 2. The molecule has 3 nitrogen and oxygen atoms in total. The van der Waals surface area contributed by atoms with Crippen LogP contribution in [0.5, 0.6) is 5.75 Å². The van der Waals surface area contributed by atoms with Gasteiger partial charge in [-0.1, -0.05) is 36.4 Å². The van der Waals surface area contributed by atoms with E-state index in [1.165, 1.54) is 7.11 Å². The van der Waals surface area contributed by atoms with Crippen LogP contribution in [-0.2, 0) is 22.6 Å². The Kier molecular flexibility index (Phi) is 5.40. The Hall–Kier alpha value is -1.56. The Morgan fingerprint density at radius 3 is 2.40 bits per heavy atom. The molecule has 0 amide bonds. The minimum absolute atomic E-state index is 0.244. The van der Waals surface area contributed by atoms with E-state index in [-0.39, 0.29) is 12.4 Å². The van der Waals surface area contributed by atoms with Crippen LogP contribution in [0.4, 0.5) is 0 Å². The molecule has 0 aliphatic rings. The second-order valence-electron chi connectivity index (χ2n) is 4.24. The van der Waals surface area contributed by atoms with Crippen molar-refractivity contribution >= 4 is 28.6 Å². The molecule has 0 heterocycles. The van der Waals surface area contributed by atoms with E-state index >= 15 is 0 Å². The maximum atomic E-state index is 11.4. The van der Waals surface area contributed by atoms with Gasteiger partial charge in [0.15, 0.2) is 0 Å². The number of ether oxygens (including phenoxy) is 2. The van der Waals surface area contributed by atoms with Gasteiger partial charge in [-0.25, -0.2) is 0 Å². The lowest BCUT2D eigenvalue weighted by Crippen LogP contribution is -2.08. The summed E-state index contributed by atoms with van der Waals surface area (Å²) in [5, 5.41) is 0. The molecule has 2 aromatic rings. The van der Waals surface area contributed by atoms with Crippen LogP contribution in [0.15, 0.2) is 48.5 Å². The molecule has 0 aromatic heterocycles. The van der Waals surface area contributed by atoms with Gasteiger partial charge in [0, 0.05) is 0 Å². The molecule has 20 heavy (non-hydrogen) atoms. The molecule has 0 radical (unpaired) electrons. The first kappa shape index (κ1) is 14.8. The second-order valence-corrected chi connectivity index (χ2v) is 5.40. The van der Waals surface area contributed by atoms with Gasteiger partial charge < -0.3 is 9.47 Å². The van der Waals surface area contributed by atoms with Crippen LogP contribution in [-0.4, -0.2) is 13.1 Å². The predicted octanol–water partition coefficient (Wildman–Crippen LogP) is 3.59. The summed E-state index contributed by atoms with van der Waals surface area (Å²) >= 11 is 2.24. The molecule has 104 valence electrons. The highest BCUT2D eigenvalue weighted by atomic mass is 127. The molecule has 2 rings (SSSR count). The van der Waals surface area contributed by atoms with Crippen molar-refractivity contribution in [1.82, 2.24) is 0 Å². The van der Waals surface area contributed by atoms with Crippen LogP contribution >= 0.6 is 22.6 Å². The minimum Gasteiger partial charge on any atom is -0.488 e. The zero-order valence-corrected chi connectivity index (χ0v) is 13.3. The Labute approximate surface area is 132 Å². The normalized spacial score (nSPS) is 10.1. The molecule has 0 bridgehead atoms. The number of methoxy groups -OCH3 is 1. The number of hydrogen-bond acceptors (Lipinski definition) is 3. The van der Waals surface area contributed by atoms with Gasteiger partial charge in [0.1, 0.15) is 12.4 Å². The number of hydrogen-bond donors (Lipinski definition) is 0. The topological polar surface area (TPSA) is 35.5 Å². The van der Waals surface area contributed by atoms with E-state index in [9.17, 15) is 4.79 Å². The van der Waals surface area contributed by atoms with E-state index in [1.54, 1.807) is 0 Å². The van der Waals surface area contributed by atoms with Crippen LogP contribution in [0.25, 0.3) is 0 Å². The van der Waals surface area contributed by atoms with Crippen molar-refractivity contribution in [2.45, 2.75) is 13.0 Å². The van der Waals surface area contributed by atoms with Crippen LogP contribution < -0.4 is 4.74 Å². The van der Waals surface area contributed by atoms with Crippen molar-refractivity contribution in [3.63, 3.8) is 0 Å². The second kappa shape index (κ2) is 7.28. The summed E-state index contributed by atoms with van der Waals surface area (Å²) < 4.78 is 11.6. The molecular formula is C16H15IO3. The van der Waals surface area contributed by atoms with E-state index in [0.717, 1.165) is 20.4 Å². The largest absolute Gasteiger partial charge is 0.488 e. The van der Waals surface area contributed by atoms with Gasteiger partial charge >= 0.3 is 5.97 Å². The van der Waals surface area contributed by atoms with E-state index in [1.807, 2.05) is 48.5 Å². The summed E-state index contributed by atoms with van der Waals surface area (Å²) in [5.41, 5.74) is 1.93. The first-order valence-corrected chi connectivity index (χ1v) is 7.29. The zero-order chi connectivity index (χ0) is 14.4. The number of rotatable bonds is 5. The Balaban J connectivity index is 2.10. The lowest BCUT2D eigenvalue weighted by molar-refractivity contribution is -0.139. The summed E-state index contributed by atoms with van der Waals surface area (Å²) in [5.74, 6) is 0.604. The molecule has 0 aliphatic carbocycles. The van der Waals surface area contributed by atoms with Crippen LogP contribution in [0.2, 0.25) is 0 Å². The van der Waals surface area contributed by atoms with E-state index in [0.29, 0.717) is 6.61 Å². The van der Waals surface area contributed by atoms with Crippen molar-refractivity contribution < 1.29 is 14.3 Å². The maximum Gasteiger partial charge on any atom is 0.309 e. The minimum atomic E-state index is -0.244. The average Bonchev–Trinajstić information content (AvgIpc) is 2.47. The smallest absolute Gasteiger partial charge is 0.309 e. The van der Waals surface area contributed by atoms with Crippen molar-refractivity contribution in [2.24, 2.45) is 0 Å². The summed E-state index contributed by atoms with van der Waals surface area (Å²) in [7, 11) is 1.40. The summed E-state index contributed by atoms with van der Waals surface area (Å²) in [6.07, 6.45) is 0.266. The first-order valence-electron chi connectivity index (χ1n) is 6.21. The quantitative estimate of drug-likeness (QED) is 0.586. The Morgan fingerprint density at radius 2 is 1.70 bits per heavy atom. The number of para-hydroxylation sites is 1. The first-order chi connectivity index (χ1) is 9.70. The van der Waals surface area contributed by atoms with Crippen molar-refractivity contribution in [3.05, 3.63) is 63.2 Å². The standard InChI is InChI=1S/C16H15IO3/c1-19-16(18)10-12-6-2-3-7-13(12)11-20-15-9-5-4-8-14(15)17/h2-9H,10-11H2,1H3. The number of esters is 1. The van der Waals surface area contributed by atoms with Crippen molar-refractivity contribution in [1.29, 1.82) is 0 Å². The van der Waals surface area contributed by atoms with E-state index in [2.05, 4.69) is 22.6 Å². The SMILES string of the molecule is COC(=O)Cc1ccccc1COc1ccccc1I. The third-order valence-corrected chi connectivity index (χ3v) is 3.79. The molecular weight excluding hydrogens is 367 g/mol. The lowest BCUT2D eigenvalue weighted by Gasteiger charge is -2.11. The molecule has 0 saturated carbocycles. The third kappa shape index (κ3) is 3.96. The monoisotopic (exact) mass is 382 g/mol. The van der Waals surface area contributed by atoms with Gasteiger partial charge in [-0.15, -0.1) is 0 Å². The maximum absolute atomic E-state index is 11.4. The van der Waals surface area contributed by atoms with Gasteiger partial charge in [-0.05, 0) is 45.9 Å². The fraction of sp³-hybridized carbons (Fsp3) is 0.188. The molecule has 4 heteroatoms. The van der Waals surface area contributed by atoms with Gasteiger partial charge in [0.05, 0.1) is 17.1 Å². The highest BCUT2D eigenvalue weighted by Crippen LogP contribution is 2.21. The van der Waals surface area contributed by atoms with Crippen molar-refractivity contribution in [3.8, 4) is 5.75 Å². The van der Waals surface area contributed by atoms with Crippen molar-refractivity contribution in [2.75, 3.05) is 7.11 Å². The molecule has 0 N–H and O–H groups in total. The summed E-state index contributed by atoms with van der Waals surface area (Å²) in [4.78, 5) is 11.4. The van der Waals surface area contributed by atoms with Gasteiger partial charge in [0.2, 0.25) is 0 Å². The van der Waals surface area contributed by atoms with Crippen LogP contribution in [0.3, 0.4) is 0 Å². The molecule has 0 saturated heterocycles. The van der Waals surface area contributed by atoms with Crippen LogP contribution in [0.1, 0.15) is 11.1 Å². The van der Waals surface area contributed by atoms with E-state index < -0.39 is 0 Å². The third-order valence-electron chi connectivity index (χ3n) is 2.90.